The molecule has 3 atom stereocenters. The van der Waals surface area contributed by atoms with E-state index in [0.717, 1.165) is 57.8 Å². The fourth-order valence-corrected chi connectivity index (χ4v) is 5.81. The van der Waals surface area contributed by atoms with Crippen LogP contribution in [0, 0.1) is 0 Å². The number of phosphoric ester groups is 1. The highest BCUT2D eigenvalue weighted by molar-refractivity contribution is 7.47. The Kier molecular flexibility index (Phi) is 29.4. The highest BCUT2D eigenvalue weighted by atomic mass is 31.2. The Morgan fingerprint density at radius 1 is 0.717 bits per heavy atom. The molecule has 0 aliphatic rings. The summed E-state index contributed by atoms with van der Waals surface area (Å²) in [4.78, 5) is 22.9. The number of nitrogens with one attached hydrogen (secondary N) is 1. The van der Waals surface area contributed by atoms with Crippen LogP contribution in [0.5, 0.6) is 0 Å². The van der Waals surface area contributed by atoms with Gasteiger partial charge in [-0.25, -0.2) is 4.57 Å². The number of rotatable bonds is 33. The molecule has 0 saturated heterocycles. The molecular formula is C37H74N2O6P+. The number of amides is 1. The van der Waals surface area contributed by atoms with Gasteiger partial charge >= 0.3 is 7.82 Å². The van der Waals surface area contributed by atoms with Gasteiger partial charge in [0.15, 0.2) is 0 Å². The van der Waals surface area contributed by atoms with E-state index in [4.69, 9.17) is 9.05 Å². The van der Waals surface area contributed by atoms with Gasteiger partial charge in [0, 0.05) is 6.42 Å². The van der Waals surface area contributed by atoms with Crippen LogP contribution in [0.3, 0.4) is 0 Å². The van der Waals surface area contributed by atoms with Crippen LogP contribution < -0.4 is 5.32 Å². The number of phosphoric acid groups is 1. The zero-order chi connectivity index (χ0) is 34.4. The normalized spacial score (nSPS) is 15.0. The van der Waals surface area contributed by atoms with Crippen molar-refractivity contribution in [3.05, 3.63) is 24.3 Å². The van der Waals surface area contributed by atoms with E-state index in [9.17, 15) is 19.4 Å². The minimum absolute atomic E-state index is 0.0599. The molecule has 0 radical (unpaired) electrons. The number of carbonyl (C=O) groups is 1. The lowest BCUT2D eigenvalue weighted by Crippen LogP contribution is -2.45. The number of allylic oxidation sites excluding steroid dienone is 3. The molecule has 0 rings (SSSR count). The Morgan fingerprint density at radius 3 is 1.74 bits per heavy atom. The second kappa shape index (κ2) is 30.1. The molecule has 272 valence electrons. The molecule has 0 heterocycles. The first-order chi connectivity index (χ1) is 22.0. The van der Waals surface area contributed by atoms with Crippen molar-refractivity contribution in [2.24, 2.45) is 0 Å². The van der Waals surface area contributed by atoms with Crippen molar-refractivity contribution in [3.8, 4) is 0 Å². The van der Waals surface area contributed by atoms with Crippen molar-refractivity contribution in [3.63, 3.8) is 0 Å². The van der Waals surface area contributed by atoms with Crippen LogP contribution >= 0.6 is 7.82 Å². The molecule has 0 aromatic carbocycles. The maximum Gasteiger partial charge on any atom is 0.472 e. The van der Waals surface area contributed by atoms with Gasteiger partial charge in [-0.3, -0.25) is 13.8 Å². The van der Waals surface area contributed by atoms with Gasteiger partial charge < -0.3 is 19.8 Å². The quantitative estimate of drug-likeness (QED) is 0.0278. The van der Waals surface area contributed by atoms with Gasteiger partial charge in [0.05, 0.1) is 39.9 Å². The Labute approximate surface area is 284 Å². The van der Waals surface area contributed by atoms with Gasteiger partial charge in [-0.15, -0.1) is 0 Å². The SMILES string of the molecule is CCCC/C=C\CCCCCCC(=O)NC(COP(=O)(O)OCC[N+](C)(C)C)C(O)/C=C/CCCCCCCCCCCCCC. The van der Waals surface area contributed by atoms with E-state index in [1.807, 2.05) is 27.2 Å². The topological polar surface area (TPSA) is 105 Å². The van der Waals surface area contributed by atoms with Crippen molar-refractivity contribution < 1.29 is 32.9 Å². The fourth-order valence-electron chi connectivity index (χ4n) is 5.08. The third-order valence-corrected chi connectivity index (χ3v) is 9.15. The van der Waals surface area contributed by atoms with Crippen LogP contribution in [-0.2, 0) is 18.4 Å². The Bertz CT molecular complexity index is 814. The number of hydrogen-bond acceptors (Lipinski definition) is 5. The molecule has 0 aromatic heterocycles. The minimum atomic E-state index is -4.33. The number of likely N-dealkylation sites (N-methyl/N-ethyl adjacent to an activating group) is 1. The Morgan fingerprint density at radius 2 is 1.20 bits per heavy atom. The standard InChI is InChI=1S/C37H73N2O6P/c1-6-8-10-12-14-16-18-19-20-21-22-24-26-28-30-36(40)35(34-45-46(42,43)44-33-32-39(3,4)5)38-37(41)31-29-27-25-23-17-15-13-11-9-7-2/h13,15,28,30,35-36,40H,6-12,14,16-27,29,31-34H2,1-5H3,(H-,38,41,42,43)/p+1/b15-13-,30-28+. The number of carbonyl (C=O) groups excluding carboxylic acids is 1. The van der Waals surface area contributed by atoms with Crippen LogP contribution in [0.4, 0.5) is 0 Å². The summed E-state index contributed by atoms with van der Waals surface area (Å²) >= 11 is 0. The molecule has 0 bridgehead atoms. The number of nitrogens with zero attached hydrogens (tertiary/aromatic N) is 1. The highest BCUT2D eigenvalue weighted by Gasteiger charge is 2.27. The van der Waals surface area contributed by atoms with Gasteiger partial charge in [0.1, 0.15) is 13.2 Å². The fraction of sp³-hybridized carbons (Fsp3) is 0.865. The first kappa shape index (κ1) is 45.0. The van der Waals surface area contributed by atoms with E-state index in [1.165, 1.54) is 77.0 Å². The molecule has 1 amide bonds. The second-order valence-electron chi connectivity index (χ2n) is 13.9. The Balaban J connectivity index is 4.57. The average Bonchev–Trinajstić information content (AvgIpc) is 2.99. The van der Waals surface area contributed by atoms with Gasteiger partial charge in [-0.2, -0.15) is 0 Å². The van der Waals surface area contributed by atoms with E-state index in [0.29, 0.717) is 17.4 Å². The number of aliphatic hydroxyl groups excluding tert-OH is 1. The molecule has 3 N–H and O–H groups in total. The van der Waals surface area contributed by atoms with Crippen molar-refractivity contribution >= 4 is 13.7 Å². The predicted molar refractivity (Wildman–Crippen MR) is 194 cm³/mol. The molecule has 0 spiro atoms. The van der Waals surface area contributed by atoms with Gasteiger partial charge in [0.25, 0.3) is 0 Å². The molecule has 8 nitrogen and oxygen atoms in total. The molecule has 0 aromatic rings. The number of aliphatic hydroxyl groups is 1. The van der Waals surface area contributed by atoms with E-state index in [-0.39, 0.29) is 19.1 Å². The first-order valence-electron chi connectivity index (χ1n) is 18.7. The van der Waals surface area contributed by atoms with Crippen LogP contribution in [-0.4, -0.2) is 73.4 Å². The monoisotopic (exact) mass is 674 g/mol. The van der Waals surface area contributed by atoms with Crippen molar-refractivity contribution in [2.45, 2.75) is 167 Å². The summed E-state index contributed by atoms with van der Waals surface area (Å²) in [5.41, 5.74) is 0. The molecular weight excluding hydrogens is 599 g/mol. The molecule has 0 fully saturated rings. The van der Waals surface area contributed by atoms with Gasteiger partial charge in [-0.1, -0.05) is 134 Å². The van der Waals surface area contributed by atoms with Crippen molar-refractivity contribution in [2.75, 3.05) is 40.9 Å². The number of hydrogen-bond donors (Lipinski definition) is 3. The molecule has 3 unspecified atom stereocenters. The van der Waals surface area contributed by atoms with E-state index >= 15 is 0 Å². The van der Waals surface area contributed by atoms with Crippen LogP contribution in [0.25, 0.3) is 0 Å². The second-order valence-corrected chi connectivity index (χ2v) is 15.4. The van der Waals surface area contributed by atoms with Crippen LogP contribution in [0.1, 0.15) is 155 Å². The van der Waals surface area contributed by atoms with Crippen LogP contribution in [0.2, 0.25) is 0 Å². The molecule has 0 saturated carbocycles. The molecule has 0 aliphatic carbocycles. The number of unbranched alkanes of at least 4 members (excludes halogenated alkanes) is 18. The predicted octanol–water partition coefficient (Wildman–Crippen LogP) is 9.41. The van der Waals surface area contributed by atoms with Gasteiger partial charge in [0.2, 0.25) is 5.91 Å². The molecule has 46 heavy (non-hydrogen) atoms. The summed E-state index contributed by atoms with van der Waals surface area (Å²) in [6, 6.07) is -0.846. The lowest BCUT2D eigenvalue weighted by molar-refractivity contribution is -0.870. The smallest absolute Gasteiger partial charge is 0.387 e. The zero-order valence-electron chi connectivity index (χ0n) is 30.6. The average molecular weight is 674 g/mol. The maximum absolute atomic E-state index is 12.7. The van der Waals surface area contributed by atoms with Crippen molar-refractivity contribution in [1.82, 2.24) is 5.32 Å². The molecule has 9 heteroatoms. The van der Waals surface area contributed by atoms with E-state index < -0.39 is 20.0 Å². The summed E-state index contributed by atoms with van der Waals surface area (Å²) in [6.45, 7) is 4.73. The first-order valence-corrected chi connectivity index (χ1v) is 20.2. The zero-order valence-corrected chi connectivity index (χ0v) is 31.5. The summed E-state index contributed by atoms with van der Waals surface area (Å²) in [6.07, 6.45) is 32.4. The minimum Gasteiger partial charge on any atom is -0.387 e. The van der Waals surface area contributed by atoms with Crippen LogP contribution in [0.15, 0.2) is 24.3 Å². The summed E-state index contributed by atoms with van der Waals surface area (Å²) in [5.74, 6) is -0.194. The lowest BCUT2D eigenvalue weighted by atomic mass is 10.0. The third-order valence-electron chi connectivity index (χ3n) is 8.17. The van der Waals surface area contributed by atoms with Gasteiger partial charge in [-0.05, 0) is 38.5 Å². The molecule has 0 aliphatic heterocycles. The lowest BCUT2D eigenvalue weighted by Gasteiger charge is -2.25. The van der Waals surface area contributed by atoms with E-state index in [1.54, 1.807) is 6.08 Å². The van der Waals surface area contributed by atoms with E-state index in [2.05, 4.69) is 31.3 Å². The summed E-state index contributed by atoms with van der Waals surface area (Å²) < 4.78 is 23.4. The summed E-state index contributed by atoms with van der Waals surface area (Å²) in [5, 5.41) is 13.7. The summed E-state index contributed by atoms with van der Waals surface area (Å²) in [7, 11) is 1.56. The Hall–Kier alpha value is -1.02. The number of quaternary nitrogens is 1. The van der Waals surface area contributed by atoms with Crippen molar-refractivity contribution in [1.29, 1.82) is 0 Å². The largest absolute Gasteiger partial charge is 0.472 e. The maximum atomic E-state index is 12.7. The third kappa shape index (κ3) is 31.6. The highest BCUT2D eigenvalue weighted by Crippen LogP contribution is 2.43.